The van der Waals surface area contributed by atoms with Crippen LogP contribution in [0.3, 0.4) is 0 Å². The van der Waals surface area contributed by atoms with E-state index >= 15 is 0 Å². The molecular formula is C15H27N2O2+. The van der Waals surface area contributed by atoms with Crippen LogP contribution < -0.4 is 4.57 Å². The van der Waals surface area contributed by atoms with Gasteiger partial charge in [-0.2, -0.15) is 0 Å². The van der Waals surface area contributed by atoms with E-state index in [0.29, 0.717) is 0 Å². The molecule has 1 heterocycles. The molecule has 1 unspecified atom stereocenters. The Morgan fingerprint density at radius 3 is 2.58 bits per heavy atom. The lowest BCUT2D eigenvalue weighted by atomic mass is 10.1. The van der Waals surface area contributed by atoms with Crippen LogP contribution in [0.2, 0.25) is 0 Å². The van der Waals surface area contributed by atoms with Gasteiger partial charge in [-0.25, -0.2) is 13.9 Å². The molecule has 0 aliphatic carbocycles. The van der Waals surface area contributed by atoms with Gasteiger partial charge >= 0.3 is 5.97 Å². The van der Waals surface area contributed by atoms with Gasteiger partial charge in [0.15, 0.2) is 6.04 Å². The Labute approximate surface area is 116 Å². The first kappa shape index (κ1) is 15.7. The molecular weight excluding hydrogens is 240 g/mol. The summed E-state index contributed by atoms with van der Waals surface area (Å²) < 4.78 is 4.01. The molecule has 0 spiro atoms. The van der Waals surface area contributed by atoms with Crippen molar-refractivity contribution in [1.29, 1.82) is 0 Å². The van der Waals surface area contributed by atoms with Gasteiger partial charge in [-0.3, -0.25) is 0 Å². The lowest BCUT2D eigenvalue weighted by molar-refractivity contribution is -0.714. The van der Waals surface area contributed by atoms with E-state index in [0.717, 1.165) is 24.4 Å². The molecule has 1 N–H and O–H groups in total. The maximum atomic E-state index is 11.2. The number of carboxylic acids is 1. The van der Waals surface area contributed by atoms with Crippen LogP contribution in [0.4, 0.5) is 0 Å². The third-order valence-electron chi connectivity index (χ3n) is 3.82. The highest BCUT2D eigenvalue weighted by atomic mass is 16.4. The predicted molar refractivity (Wildman–Crippen MR) is 75.2 cm³/mol. The summed E-state index contributed by atoms with van der Waals surface area (Å²) >= 11 is 0. The number of imidazole rings is 1. The van der Waals surface area contributed by atoms with Crippen molar-refractivity contribution in [1.82, 2.24) is 4.57 Å². The van der Waals surface area contributed by atoms with Crippen molar-refractivity contribution >= 4 is 5.97 Å². The molecule has 108 valence electrons. The molecule has 4 heteroatoms. The maximum absolute atomic E-state index is 11.2. The van der Waals surface area contributed by atoms with Crippen LogP contribution in [-0.4, -0.2) is 15.6 Å². The maximum Gasteiger partial charge on any atom is 0.349 e. The largest absolute Gasteiger partial charge is 0.478 e. The van der Waals surface area contributed by atoms with Crippen LogP contribution in [0.5, 0.6) is 0 Å². The molecule has 1 aromatic rings. The summed E-state index contributed by atoms with van der Waals surface area (Å²) in [5.41, 5.74) is 1.11. The van der Waals surface area contributed by atoms with Gasteiger partial charge in [0.25, 0.3) is 5.82 Å². The Hall–Kier alpha value is -1.32. The first-order valence-electron chi connectivity index (χ1n) is 7.28. The molecule has 4 nitrogen and oxygen atoms in total. The van der Waals surface area contributed by atoms with Crippen molar-refractivity contribution in [2.75, 3.05) is 0 Å². The number of aliphatic carboxylic acids is 1. The number of nitrogens with zero attached hydrogens (tertiary/aromatic N) is 2. The summed E-state index contributed by atoms with van der Waals surface area (Å²) in [6.45, 7) is 5.97. The minimum Gasteiger partial charge on any atom is -0.478 e. The summed E-state index contributed by atoms with van der Waals surface area (Å²) in [6.07, 6.45) is 9.06. The highest BCUT2D eigenvalue weighted by molar-refractivity contribution is 5.69. The number of aryl methyl sites for hydroxylation is 1. The van der Waals surface area contributed by atoms with E-state index in [1.54, 1.807) is 6.92 Å². The van der Waals surface area contributed by atoms with Crippen molar-refractivity contribution in [3.8, 4) is 0 Å². The van der Waals surface area contributed by atoms with Gasteiger partial charge in [-0.1, -0.05) is 32.6 Å². The molecule has 0 radical (unpaired) electrons. The number of carbonyl (C=O) groups is 1. The number of unbranched alkanes of at least 4 members (excludes halogenated alkanes) is 4. The lowest BCUT2D eigenvalue weighted by Crippen LogP contribution is -2.44. The van der Waals surface area contributed by atoms with Crippen molar-refractivity contribution in [3.05, 3.63) is 17.7 Å². The summed E-state index contributed by atoms with van der Waals surface area (Å²) in [4.78, 5) is 11.2. The van der Waals surface area contributed by atoms with Crippen molar-refractivity contribution in [3.63, 3.8) is 0 Å². The molecule has 0 saturated heterocycles. The molecule has 0 saturated carbocycles. The molecule has 1 rings (SSSR count). The summed E-state index contributed by atoms with van der Waals surface area (Å²) in [6, 6.07) is -0.495. The minimum atomic E-state index is -0.775. The van der Waals surface area contributed by atoms with Gasteiger partial charge < -0.3 is 5.11 Å². The number of rotatable bonds is 8. The van der Waals surface area contributed by atoms with E-state index in [2.05, 4.69) is 11.5 Å². The molecule has 19 heavy (non-hydrogen) atoms. The summed E-state index contributed by atoms with van der Waals surface area (Å²) in [7, 11) is 2.02. The third-order valence-corrected chi connectivity index (χ3v) is 3.82. The second-order valence-corrected chi connectivity index (χ2v) is 5.33. The van der Waals surface area contributed by atoms with Crippen LogP contribution in [0.25, 0.3) is 0 Å². The van der Waals surface area contributed by atoms with E-state index in [1.807, 2.05) is 24.7 Å². The highest BCUT2D eigenvalue weighted by Crippen LogP contribution is 2.10. The van der Waals surface area contributed by atoms with E-state index in [1.165, 1.54) is 25.7 Å². The van der Waals surface area contributed by atoms with E-state index < -0.39 is 12.0 Å². The Bertz CT molecular complexity index is 424. The van der Waals surface area contributed by atoms with Crippen LogP contribution >= 0.6 is 0 Å². The number of aromatic nitrogens is 2. The molecule has 1 aromatic heterocycles. The monoisotopic (exact) mass is 267 g/mol. The fraction of sp³-hybridized carbons (Fsp3) is 0.733. The highest BCUT2D eigenvalue weighted by Gasteiger charge is 2.26. The van der Waals surface area contributed by atoms with Crippen molar-refractivity contribution in [2.24, 2.45) is 7.05 Å². The van der Waals surface area contributed by atoms with E-state index in [4.69, 9.17) is 0 Å². The summed E-state index contributed by atoms with van der Waals surface area (Å²) in [5.74, 6) is 0.340. The van der Waals surface area contributed by atoms with Gasteiger partial charge in [-0.05, 0) is 13.3 Å². The zero-order chi connectivity index (χ0) is 14.4. The Morgan fingerprint density at radius 2 is 2.00 bits per heavy atom. The fourth-order valence-electron chi connectivity index (χ4n) is 2.38. The molecule has 0 aliphatic rings. The molecule has 0 aromatic carbocycles. The van der Waals surface area contributed by atoms with Gasteiger partial charge in [0.1, 0.15) is 11.9 Å². The molecule has 0 aliphatic heterocycles. The zero-order valence-electron chi connectivity index (χ0n) is 12.6. The molecule has 1 atom stereocenters. The number of hydrogen-bond acceptors (Lipinski definition) is 1. The molecule has 0 amide bonds. The number of carboxylic acid groups (broad SMARTS) is 1. The van der Waals surface area contributed by atoms with Crippen molar-refractivity contribution < 1.29 is 14.5 Å². The van der Waals surface area contributed by atoms with Gasteiger partial charge in [-0.15, -0.1) is 0 Å². The van der Waals surface area contributed by atoms with Gasteiger partial charge in [0, 0.05) is 13.3 Å². The minimum absolute atomic E-state index is 0.495. The van der Waals surface area contributed by atoms with Gasteiger partial charge in [0.05, 0.1) is 7.05 Å². The quantitative estimate of drug-likeness (QED) is 0.581. The number of hydrogen-bond donors (Lipinski definition) is 1. The lowest BCUT2D eigenvalue weighted by Gasteiger charge is -2.06. The van der Waals surface area contributed by atoms with Crippen molar-refractivity contribution in [2.45, 2.75) is 65.3 Å². The molecule has 0 bridgehead atoms. The Balaban J connectivity index is 2.72. The Kier molecular flexibility index (Phi) is 6.06. The van der Waals surface area contributed by atoms with Gasteiger partial charge in [0.2, 0.25) is 0 Å². The second kappa shape index (κ2) is 7.31. The fourth-order valence-corrected chi connectivity index (χ4v) is 2.38. The standard InChI is InChI=1S/C15H26N2O2/c1-5-6-7-8-9-10-14-16(4)12(2)11-17(14)13(3)15(18)19/h11,13H,5-10H2,1-4H3/p+1. The predicted octanol–water partition coefficient (Wildman–Crippen LogP) is 2.78. The smallest absolute Gasteiger partial charge is 0.349 e. The van der Waals surface area contributed by atoms with Crippen LogP contribution in [0, 0.1) is 6.92 Å². The topological polar surface area (TPSA) is 46.1 Å². The zero-order valence-corrected chi connectivity index (χ0v) is 12.6. The van der Waals surface area contributed by atoms with Crippen LogP contribution in [0.15, 0.2) is 6.20 Å². The van der Waals surface area contributed by atoms with E-state index in [-0.39, 0.29) is 0 Å². The van der Waals surface area contributed by atoms with Crippen LogP contribution in [-0.2, 0) is 18.3 Å². The average Bonchev–Trinajstić information content (AvgIpc) is 2.65. The normalized spacial score (nSPS) is 12.6. The first-order valence-corrected chi connectivity index (χ1v) is 7.28. The first-order chi connectivity index (χ1) is 8.99. The SMILES string of the molecule is CCCCCCCc1n(C)c(C)c[n+]1C(C)C(=O)O. The molecule has 0 fully saturated rings. The second-order valence-electron chi connectivity index (χ2n) is 5.33. The van der Waals surface area contributed by atoms with Crippen LogP contribution in [0.1, 0.15) is 63.5 Å². The Morgan fingerprint density at radius 1 is 1.37 bits per heavy atom. The summed E-state index contributed by atoms with van der Waals surface area (Å²) in [5, 5.41) is 9.17. The van der Waals surface area contributed by atoms with E-state index in [9.17, 15) is 9.90 Å². The third kappa shape index (κ3) is 4.08. The average molecular weight is 267 g/mol.